The molecule has 1 rings (SSSR count). The molecule has 1 aromatic carbocycles. The summed E-state index contributed by atoms with van der Waals surface area (Å²) in [4.78, 5) is 11.2. The molecule has 0 aromatic heterocycles. The molecular weight excluding hydrogens is 212 g/mol. The summed E-state index contributed by atoms with van der Waals surface area (Å²) in [7, 11) is -1.17. The molecule has 1 unspecified atom stereocenters. The molecule has 3 nitrogen and oxygen atoms in total. The van der Waals surface area contributed by atoms with Crippen LogP contribution in [0.1, 0.15) is 6.92 Å². The van der Waals surface area contributed by atoms with Gasteiger partial charge in [0.25, 0.3) is 0 Å². The summed E-state index contributed by atoms with van der Waals surface area (Å²) >= 11 is 0. The number of hydrogen-bond acceptors (Lipinski definition) is 3. The third-order valence-electron chi connectivity index (χ3n) is 1.58. The lowest BCUT2D eigenvalue weighted by molar-refractivity contribution is -0.139. The Kier molecular flexibility index (Phi) is 4.77. The SMILES string of the molecule is CC(=O)OC/C=C\S(=O)c1ccccc1. The van der Waals surface area contributed by atoms with Crippen LogP contribution in [0.4, 0.5) is 0 Å². The van der Waals surface area contributed by atoms with Crippen LogP contribution in [0.2, 0.25) is 0 Å². The third kappa shape index (κ3) is 4.56. The number of benzene rings is 1. The van der Waals surface area contributed by atoms with Gasteiger partial charge in [0.05, 0.1) is 10.8 Å². The van der Waals surface area contributed by atoms with Gasteiger partial charge in [0, 0.05) is 17.2 Å². The van der Waals surface area contributed by atoms with Crippen LogP contribution >= 0.6 is 0 Å². The first-order chi connectivity index (χ1) is 7.20. The maximum absolute atomic E-state index is 11.6. The zero-order chi connectivity index (χ0) is 11.1. The summed E-state index contributed by atoms with van der Waals surface area (Å²) < 4.78 is 16.2. The lowest BCUT2D eigenvalue weighted by atomic mass is 10.4. The van der Waals surface area contributed by atoms with Gasteiger partial charge >= 0.3 is 5.97 Å². The van der Waals surface area contributed by atoms with Crippen molar-refractivity contribution >= 4 is 16.8 Å². The summed E-state index contributed by atoms with van der Waals surface area (Å²) in [5, 5.41) is 1.51. The Bertz CT molecular complexity index is 371. The molecule has 1 atom stereocenters. The van der Waals surface area contributed by atoms with Crippen molar-refractivity contribution in [1.82, 2.24) is 0 Å². The Balaban J connectivity index is 2.46. The van der Waals surface area contributed by atoms with Gasteiger partial charge in [-0.3, -0.25) is 4.79 Å². The van der Waals surface area contributed by atoms with Gasteiger partial charge in [0.2, 0.25) is 0 Å². The van der Waals surface area contributed by atoms with E-state index in [-0.39, 0.29) is 12.6 Å². The fraction of sp³-hybridized carbons (Fsp3) is 0.182. The molecule has 1 aromatic rings. The molecule has 0 aliphatic rings. The second kappa shape index (κ2) is 6.14. The molecule has 0 bridgehead atoms. The molecule has 15 heavy (non-hydrogen) atoms. The maximum Gasteiger partial charge on any atom is 0.302 e. The Morgan fingerprint density at radius 2 is 2.07 bits per heavy atom. The maximum atomic E-state index is 11.6. The van der Waals surface area contributed by atoms with Gasteiger partial charge in [0.15, 0.2) is 0 Å². The molecule has 0 spiro atoms. The van der Waals surface area contributed by atoms with E-state index in [2.05, 4.69) is 4.74 Å². The van der Waals surface area contributed by atoms with E-state index in [9.17, 15) is 9.00 Å². The minimum absolute atomic E-state index is 0.161. The molecule has 4 heteroatoms. The highest BCUT2D eigenvalue weighted by molar-refractivity contribution is 7.88. The topological polar surface area (TPSA) is 43.4 Å². The van der Waals surface area contributed by atoms with E-state index in [1.54, 1.807) is 18.2 Å². The minimum atomic E-state index is -1.17. The summed E-state index contributed by atoms with van der Waals surface area (Å²) in [6.45, 7) is 1.50. The fourth-order valence-electron chi connectivity index (χ4n) is 0.925. The van der Waals surface area contributed by atoms with E-state index in [4.69, 9.17) is 0 Å². The van der Waals surface area contributed by atoms with Crippen LogP contribution < -0.4 is 0 Å². The molecule has 0 saturated heterocycles. The number of carbonyl (C=O) groups is 1. The molecular formula is C11H12O3S. The predicted octanol–water partition coefficient (Wildman–Crippen LogP) is 1.87. The Hall–Kier alpha value is -1.42. The monoisotopic (exact) mass is 224 g/mol. The van der Waals surface area contributed by atoms with Crippen LogP contribution in [0.5, 0.6) is 0 Å². The Morgan fingerprint density at radius 3 is 2.67 bits per heavy atom. The highest BCUT2D eigenvalue weighted by atomic mass is 32.2. The summed E-state index contributed by atoms with van der Waals surface area (Å²) in [5.74, 6) is -0.342. The first kappa shape index (κ1) is 11.7. The zero-order valence-electron chi connectivity index (χ0n) is 8.38. The van der Waals surface area contributed by atoms with Gasteiger partial charge in [-0.25, -0.2) is 4.21 Å². The molecule has 80 valence electrons. The van der Waals surface area contributed by atoms with Gasteiger partial charge < -0.3 is 4.74 Å². The largest absolute Gasteiger partial charge is 0.462 e. The van der Waals surface area contributed by atoms with E-state index < -0.39 is 10.8 Å². The highest BCUT2D eigenvalue weighted by Gasteiger charge is 1.96. The zero-order valence-corrected chi connectivity index (χ0v) is 9.20. The van der Waals surface area contributed by atoms with Crippen LogP contribution in [0, 0.1) is 0 Å². The Labute approximate surface area is 91.2 Å². The average Bonchev–Trinajstić information content (AvgIpc) is 2.25. The van der Waals surface area contributed by atoms with Crippen molar-refractivity contribution in [3.63, 3.8) is 0 Å². The molecule has 0 aliphatic carbocycles. The number of ether oxygens (including phenoxy) is 1. The summed E-state index contributed by atoms with van der Waals surface area (Å²) in [6, 6.07) is 9.09. The Morgan fingerprint density at radius 1 is 1.40 bits per heavy atom. The second-order valence-electron chi connectivity index (χ2n) is 2.78. The van der Waals surface area contributed by atoms with E-state index in [1.807, 2.05) is 18.2 Å². The molecule has 0 N–H and O–H groups in total. The lowest BCUT2D eigenvalue weighted by Crippen LogP contribution is -1.97. The van der Waals surface area contributed by atoms with Gasteiger partial charge in [-0.1, -0.05) is 18.2 Å². The molecule has 0 radical (unpaired) electrons. The van der Waals surface area contributed by atoms with Crippen molar-refractivity contribution in [3.8, 4) is 0 Å². The van der Waals surface area contributed by atoms with Gasteiger partial charge in [-0.2, -0.15) is 0 Å². The molecule has 0 aliphatic heterocycles. The first-order valence-corrected chi connectivity index (χ1v) is 5.67. The van der Waals surface area contributed by atoms with Crippen LogP contribution in [0.3, 0.4) is 0 Å². The van der Waals surface area contributed by atoms with E-state index in [0.717, 1.165) is 4.90 Å². The number of rotatable bonds is 4. The fourth-order valence-corrected chi connectivity index (χ4v) is 1.76. The van der Waals surface area contributed by atoms with Crippen LogP contribution in [-0.2, 0) is 20.3 Å². The smallest absolute Gasteiger partial charge is 0.302 e. The lowest BCUT2D eigenvalue weighted by Gasteiger charge is -1.96. The third-order valence-corrected chi connectivity index (χ3v) is 2.75. The highest BCUT2D eigenvalue weighted by Crippen LogP contribution is 2.05. The van der Waals surface area contributed by atoms with Crippen molar-refractivity contribution in [3.05, 3.63) is 41.8 Å². The minimum Gasteiger partial charge on any atom is -0.462 e. The van der Waals surface area contributed by atoms with Crippen molar-refractivity contribution in [2.75, 3.05) is 6.61 Å². The molecule has 0 heterocycles. The van der Waals surface area contributed by atoms with Crippen LogP contribution in [0.25, 0.3) is 0 Å². The summed E-state index contributed by atoms with van der Waals surface area (Å²) in [6.07, 6.45) is 1.57. The van der Waals surface area contributed by atoms with Crippen LogP contribution in [0.15, 0.2) is 46.7 Å². The average molecular weight is 224 g/mol. The van der Waals surface area contributed by atoms with E-state index in [0.29, 0.717) is 0 Å². The number of hydrogen-bond donors (Lipinski definition) is 0. The van der Waals surface area contributed by atoms with Crippen molar-refractivity contribution in [2.24, 2.45) is 0 Å². The standard InChI is InChI=1S/C11H12O3S/c1-10(12)14-8-5-9-15(13)11-6-3-2-4-7-11/h2-7,9H,8H2,1H3/b9-5-. The van der Waals surface area contributed by atoms with Crippen molar-refractivity contribution in [1.29, 1.82) is 0 Å². The first-order valence-electron chi connectivity index (χ1n) is 4.46. The molecule has 0 fully saturated rings. The van der Waals surface area contributed by atoms with Gasteiger partial charge in [-0.15, -0.1) is 0 Å². The second-order valence-corrected chi connectivity index (χ2v) is 4.12. The number of carbonyl (C=O) groups excluding carboxylic acids is 1. The quantitative estimate of drug-likeness (QED) is 0.733. The van der Waals surface area contributed by atoms with E-state index >= 15 is 0 Å². The van der Waals surface area contributed by atoms with Crippen LogP contribution in [-0.4, -0.2) is 16.8 Å². The number of esters is 1. The predicted molar refractivity (Wildman–Crippen MR) is 58.6 cm³/mol. The van der Waals surface area contributed by atoms with Gasteiger partial charge in [-0.05, 0) is 18.2 Å². The molecule has 0 amide bonds. The van der Waals surface area contributed by atoms with E-state index in [1.165, 1.54) is 12.3 Å². The normalized spacial score (nSPS) is 12.6. The van der Waals surface area contributed by atoms with Crippen molar-refractivity contribution in [2.45, 2.75) is 11.8 Å². The van der Waals surface area contributed by atoms with Crippen molar-refractivity contribution < 1.29 is 13.7 Å². The summed E-state index contributed by atoms with van der Waals surface area (Å²) in [5.41, 5.74) is 0. The van der Waals surface area contributed by atoms with Gasteiger partial charge in [0.1, 0.15) is 6.61 Å². The molecule has 0 saturated carbocycles.